The Morgan fingerprint density at radius 3 is 2.36 bits per heavy atom. The molecule has 1 amide bonds. The zero-order valence-corrected chi connectivity index (χ0v) is 15.9. The molecular weight excluding hydrogens is 310 g/mol. The van der Waals surface area contributed by atoms with Gasteiger partial charge in [-0.2, -0.15) is 0 Å². The lowest BCUT2D eigenvalue weighted by molar-refractivity contribution is -0.140. The molecule has 2 N–H and O–H groups in total. The first-order valence-electron chi connectivity index (χ1n) is 9.74. The molecule has 0 radical (unpaired) electrons. The second-order valence-electron chi connectivity index (χ2n) is 8.34. The van der Waals surface area contributed by atoms with Crippen molar-refractivity contribution in [2.75, 3.05) is 20.1 Å². The van der Waals surface area contributed by atoms with E-state index in [1.165, 1.54) is 5.56 Å². The van der Waals surface area contributed by atoms with Crippen molar-refractivity contribution in [1.82, 2.24) is 9.80 Å². The van der Waals surface area contributed by atoms with Gasteiger partial charge in [0.2, 0.25) is 5.91 Å². The minimum atomic E-state index is 0.141. The van der Waals surface area contributed by atoms with E-state index >= 15 is 0 Å². The first kappa shape index (κ1) is 18.4. The van der Waals surface area contributed by atoms with Gasteiger partial charge in [0, 0.05) is 44.7 Å². The summed E-state index contributed by atoms with van der Waals surface area (Å²) >= 11 is 0. The Morgan fingerprint density at radius 1 is 1.16 bits per heavy atom. The average Bonchev–Trinajstić information content (AvgIpc) is 3.01. The lowest BCUT2D eigenvalue weighted by atomic mass is 9.84. The molecule has 1 saturated heterocycles. The van der Waals surface area contributed by atoms with Crippen LogP contribution in [-0.4, -0.2) is 47.9 Å². The highest BCUT2D eigenvalue weighted by atomic mass is 16.2. The highest BCUT2D eigenvalue weighted by Crippen LogP contribution is 2.31. The van der Waals surface area contributed by atoms with E-state index in [-0.39, 0.29) is 12.0 Å². The summed E-state index contributed by atoms with van der Waals surface area (Å²) in [6.45, 7) is 7.68. The van der Waals surface area contributed by atoms with Crippen LogP contribution >= 0.6 is 0 Å². The van der Waals surface area contributed by atoms with Gasteiger partial charge in [-0.05, 0) is 36.7 Å². The molecule has 3 rings (SSSR count). The lowest BCUT2D eigenvalue weighted by Crippen LogP contribution is -2.55. The number of benzene rings is 1. The summed E-state index contributed by atoms with van der Waals surface area (Å²) in [5.74, 6) is 1.42. The van der Waals surface area contributed by atoms with Crippen LogP contribution in [0.5, 0.6) is 0 Å². The molecule has 4 atom stereocenters. The smallest absolute Gasteiger partial charge is 0.225 e. The zero-order valence-electron chi connectivity index (χ0n) is 15.9. The van der Waals surface area contributed by atoms with Gasteiger partial charge < -0.3 is 10.6 Å². The van der Waals surface area contributed by atoms with E-state index in [2.05, 4.69) is 54.0 Å². The maximum atomic E-state index is 12.9. The number of hydrogen-bond acceptors (Lipinski definition) is 3. The largest absolute Gasteiger partial charge is 0.342 e. The molecule has 1 aliphatic heterocycles. The fourth-order valence-electron chi connectivity index (χ4n) is 5.08. The molecule has 0 aromatic heterocycles. The summed E-state index contributed by atoms with van der Waals surface area (Å²) in [7, 11) is 2.01. The molecule has 4 heteroatoms. The molecule has 0 bridgehead atoms. The van der Waals surface area contributed by atoms with Crippen molar-refractivity contribution in [1.29, 1.82) is 0 Å². The Kier molecular flexibility index (Phi) is 5.80. The number of nitrogens with zero attached hydrogens (tertiary/aromatic N) is 2. The van der Waals surface area contributed by atoms with Gasteiger partial charge in [0.15, 0.2) is 0 Å². The predicted molar refractivity (Wildman–Crippen MR) is 102 cm³/mol. The van der Waals surface area contributed by atoms with E-state index in [1.807, 2.05) is 7.05 Å². The van der Waals surface area contributed by atoms with Crippen molar-refractivity contribution >= 4 is 5.91 Å². The number of piperidine rings is 1. The molecule has 138 valence electrons. The van der Waals surface area contributed by atoms with Crippen LogP contribution < -0.4 is 5.73 Å². The third kappa shape index (κ3) is 4.24. The predicted octanol–water partition coefficient (Wildman–Crippen LogP) is 2.73. The van der Waals surface area contributed by atoms with Crippen LogP contribution in [0.4, 0.5) is 0 Å². The number of hydrogen-bond donors (Lipinski definition) is 1. The Balaban J connectivity index is 1.61. The molecule has 2 fully saturated rings. The average molecular weight is 344 g/mol. The number of rotatable bonds is 4. The third-order valence-corrected chi connectivity index (χ3v) is 6.12. The first-order chi connectivity index (χ1) is 12.0. The van der Waals surface area contributed by atoms with Gasteiger partial charge in [0.25, 0.3) is 0 Å². The normalized spacial score (nSPS) is 33.4. The molecule has 4 unspecified atom stereocenters. The van der Waals surface area contributed by atoms with Gasteiger partial charge >= 0.3 is 0 Å². The van der Waals surface area contributed by atoms with Crippen molar-refractivity contribution in [3.63, 3.8) is 0 Å². The molecule has 1 aliphatic carbocycles. The van der Waals surface area contributed by atoms with Crippen LogP contribution in [0.2, 0.25) is 0 Å². The summed E-state index contributed by atoms with van der Waals surface area (Å²) in [5, 5.41) is 0. The van der Waals surface area contributed by atoms with Crippen molar-refractivity contribution < 1.29 is 4.79 Å². The monoisotopic (exact) mass is 343 g/mol. The topological polar surface area (TPSA) is 49.6 Å². The zero-order chi connectivity index (χ0) is 18.0. The fourth-order valence-corrected chi connectivity index (χ4v) is 5.08. The maximum Gasteiger partial charge on any atom is 0.225 e. The van der Waals surface area contributed by atoms with Crippen molar-refractivity contribution in [3.05, 3.63) is 35.9 Å². The van der Waals surface area contributed by atoms with Gasteiger partial charge in [0.05, 0.1) is 0 Å². The van der Waals surface area contributed by atoms with E-state index in [0.717, 1.165) is 38.9 Å². The molecule has 25 heavy (non-hydrogen) atoms. The summed E-state index contributed by atoms with van der Waals surface area (Å²) in [6.07, 6.45) is 2.81. The van der Waals surface area contributed by atoms with Crippen LogP contribution in [0, 0.1) is 17.8 Å². The van der Waals surface area contributed by atoms with Gasteiger partial charge in [-0.1, -0.05) is 44.2 Å². The second kappa shape index (κ2) is 7.88. The summed E-state index contributed by atoms with van der Waals surface area (Å²) < 4.78 is 0. The number of amides is 1. The van der Waals surface area contributed by atoms with E-state index in [1.54, 1.807) is 0 Å². The highest BCUT2D eigenvalue weighted by molar-refractivity contribution is 5.79. The molecule has 1 saturated carbocycles. The minimum Gasteiger partial charge on any atom is -0.342 e. The van der Waals surface area contributed by atoms with Gasteiger partial charge in [-0.25, -0.2) is 0 Å². The minimum absolute atomic E-state index is 0.141. The standard InChI is InChI=1S/C21H33N3O/c1-15-12-24(14-17-7-5-4-6-8-17)13-16(2)20(15)23(3)21(25)18-9-10-19(22)11-18/h4-8,15-16,18-20H,9-14,22H2,1-3H3. The number of likely N-dealkylation sites (tertiary alicyclic amines) is 1. The van der Waals surface area contributed by atoms with E-state index in [0.29, 0.717) is 23.8 Å². The van der Waals surface area contributed by atoms with E-state index in [4.69, 9.17) is 5.73 Å². The third-order valence-electron chi connectivity index (χ3n) is 6.12. The molecule has 4 nitrogen and oxygen atoms in total. The summed E-state index contributed by atoms with van der Waals surface area (Å²) in [4.78, 5) is 17.5. The van der Waals surface area contributed by atoms with Crippen molar-refractivity contribution in [3.8, 4) is 0 Å². The fraction of sp³-hybridized carbons (Fsp3) is 0.667. The quantitative estimate of drug-likeness (QED) is 0.914. The van der Waals surface area contributed by atoms with Gasteiger partial charge in [0.1, 0.15) is 0 Å². The maximum absolute atomic E-state index is 12.9. The molecule has 0 spiro atoms. The van der Waals surface area contributed by atoms with Crippen LogP contribution in [0.3, 0.4) is 0 Å². The van der Waals surface area contributed by atoms with Crippen molar-refractivity contribution in [2.24, 2.45) is 23.5 Å². The summed E-state index contributed by atoms with van der Waals surface area (Å²) in [6, 6.07) is 11.2. The Labute approximate surface area is 152 Å². The van der Waals surface area contributed by atoms with E-state index < -0.39 is 0 Å². The molecule has 1 heterocycles. The summed E-state index contributed by atoms with van der Waals surface area (Å²) in [5.41, 5.74) is 7.38. The Hall–Kier alpha value is -1.39. The lowest BCUT2D eigenvalue weighted by Gasteiger charge is -2.46. The number of carbonyl (C=O) groups excluding carboxylic acids is 1. The number of nitrogens with two attached hydrogens (primary N) is 1. The van der Waals surface area contributed by atoms with E-state index in [9.17, 15) is 4.79 Å². The van der Waals surface area contributed by atoms with Crippen LogP contribution in [0.25, 0.3) is 0 Å². The highest BCUT2D eigenvalue weighted by Gasteiger charge is 2.39. The van der Waals surface area contributed by atoms with Crippen LogP contribution in [-0.2, 0) is 11.3 Å². The van der Waals surface area contributed by atoms with Crippen LogP contribution in [0.15, 0.2) is 30.3 Å². The van der Waals surface area contributed by atoms with Gasteiger partial charge in [-0.3, -0.25) is 9.69 Å². The SMILES string of the molecule is CC1CN(Cc2ccccc2)CC(C)C1N(C)C(=O)C1CCC(N)C1. The Bertz CT molecular complexity index is 564. The second-order valence-corrected chi connectivity index (χ2v) is 8.34. The first-order valence-corrected chi connectivity index (χ1v) is 9.74. The Morgan fingerprint density at radius 2 is 1.80 bits per heavy atom. The van der Waals surface area contributed by atoms with Crippen LogP contribution in [0.1, 0.15) is 38.7 Å². The molecular formula is C21H33N3O. The van der Waals surface area contributed by atoms with Gasteiger partial charge in [-0.15, -0.1) is 0 Å². The molecule has 1 aromatic rings. The number of carbonyl (C=O) groups is 1. The molecule has 1 aromatic carbocycles. The van der Waals surface area contributed by atoms with Crippen molar-refractivity contribution in [2.45, 2.75) is 51.7 Å². The molecule has 2 aliphatic rings.